The first-order valence-electron chi connectivity index (χ1n) is 11.3. The number of nitrogens with one attached hydrogen (secondary N) is 1. The van der Waals surface area contributed by atoms with Crippen LogP contribution in [0.2, 0.25) is 0 Å². The van der Waals surface area contributed by atoms with E-state index in [1.165, 1.54) is 0 Å². The Hall–Kier alpha value is -2.98. The molecule has 0 fully saturated rings. The van der Waals surface area contributed by atoms with Gasteiger partial charge in [-0.2, -0.15) is 5.26 Å². The van der Waals surface area contributed by atoms with Crippen LogP contribution in [0, 0.1) is 17.2 Å². The van der Waals surface area contributed by atoms with E-state index in [0.29, 0.717) is 23.7 Å². The molecule has 0 aliphatic rings. The summed E-state index contributed by atoms with van der Waals surface area (Å²) in [4.78, 5) is 0. The first-order chi connectivity index (χ1) is 15.9. The molecule has 0 spiro atoms. The van der Waals surface area contributed by atoms with E-state index < -0.39 is 12.1 Å². The highest BCUT2D eigenvalue weighted by molar-refractivity contribution is 5.47. The zero-order valence-electron chi connectivity index (χ0n) is 20.0. The Morgan fingerprint density at radius 2 is 1.79 bits per heavy atom. The summed E-state index contributed by atoms with van der Waals surface area (Å²) in [6.07, 6.45) is 2.28. The molecule has 1 atom stereocenters. The van der Waals surface area contributed by atoms with Crippen molar-refractivity contribution >= 4 is 0 Å². The highest BCUT2D eigenvalue weighted by Gasteiger charge is 2.36. The predicted molar refractivity (Wildman–Crippen MR) is 127 cm³/mol. The van der Waals surface area contributed by atoms with Crippen LogP contribution in [0.15, 0.2) is 36.4 Å². The fraction of sp³-hybridized carbons (Fsp3) is 0.500. The zero-order chi connectivity index (χ0) is 24.3. The summed E-state index contributed by atoms with van der Waals surface area (Å²) in [5, 5.41) is 23.6. The van der Waals surface area contributed by atoms with Gasteiger partial charge in [0.15, 0.2) is 23.0 Å². The van der Waals surface area contributed by atoms with Gasteiger partial charge in [-0.25, -0.2) is 4.39 Å². The Labute approximate surface area is 196 Å². The maximum absolute atomic E-state index is 12.2. The summed E-state index contributed by atoms with van der Waals surface area (Å²) >= 11 is 0. The van der Waals surface area contributed by atoms with Gasteiger partial charge in [0, 0.05) is 0 Å². The molecule has 2 rings (SSSR count). The Bertz CT molecular complexity index is 929. The number of hydrogen-bond donors (Lipinski definition) is 2. The molecule has 33 heavy (non-hydrogen) atoms. The monoisotopic (exact) mass is 458 g/mol. The van der Waals surface area contributed by atoms with Gasteiger partial charge in [0.25, 0.3) is 0 Å². The van der Waals surface area contributed by atoms with Crippen LogP contribution in [0.4, 0.5) is 4.39 Å². The fourth-order valence-electron chi connectivity index (χ4n) is 3.97. The topological polar surface area (TPSA) is 83.7 Å². The normalized spacial score (nSPS) is 12.8. The van der Waals surface area contributed by atoms with E-state index in [0.717, 1.165) is 37.1 Å². The van der Waals surface area contributed by atoms with E-state index in [4.69, 9.17) is 14.2 Å². The molecule has 7 heteroatoms. The van der Waals surface area contributed by atoms with Gasteiger partial charge < -0.3 is 24.6 Å². The Morgan fingerprint density at radius 1 is 1.06 bits per heavy atom. The van der Waals surface area contributed by atoms with Gasteiger partial charge in [0.05, 0.1) is 25.7 Å². The summed E-state index contributed by atoms with van der Waals surface area (Å²) in [5.74, 6) is 1.71. The molecule has 1 unspecified atom stereocenters. The minimum absolute atomic E-state index is 0.0200. The molecule has 0 radical (unpaired) electrons. The standard InChI is InChI=1S/C26H35FN2O4/c1-19(2)26(18-28,21-7-9-24(31-3)25(17-21)32-4)11-5-13-29-14-10-20-6-8-23(22(30)16-20)33-15-12-27/h6-9,16-17,19,29-30H,5,10-15H2,1-4H3. The van der Waals surface area contributed by atoms with E-state index in [9.17, 15) is 14.8 Å². The summed E-state index contributed by atoms with van der Waals surface area (Å²) in [7, 11) is 3.19. The molecule has 0 aromatic heterocycles. The highest BCUT2D eigenvalue weighted by Crippen LogP contribution is 2.40. The molecular formula is C26H35FN2O4. The quantitative estimate of drug-likeness (QED) is 0.396. The lowest BCUT2D eigenvalue weighted by Crippen LogP contribution is -2.32. The highest BCUT2D eigenvalue weighted by atomic mass is 19.1. The maximum Gasteiger partial charge on any atom is 0.161 e. The van der Waals surface area contributed by atoms with Crippen molar-refractivity contribution < 1.29 is 23.7 Å². The van der Waals surface area contributed by atoms with E-state index >= 15 is 0 Å². The van der Waals surface area contributed by atoms with E-state index in [-0.39, 0.29) is 18.3 Å². The third-order valence-corrected chi connectivity index (χ3v) is 5.96. The molecule has 0 aliphatic carbocycles. The van der Waals surface area contributed by atoms with Crippen molar-refractivity contribution in [2.45, 2.75) is 38.5 Å². The Morgan fingerprint density at radius 3 is 2.39 bits per heavy atom. The summed E-state index contributed by atoms with van der Waals surface area (Å²) in [6.45, 7) is 4.98. The molecule has 0 saturated heterocycles. The second-order valence-electron chi connectivity index (χ2n) is 8.25. The number of hydrogen-bond acceptors (Lipinski definition) is 6. The van der Waals surface area contributed by atoms with Gasteiger partial charge in [-0.15, -0.1) is 0 Å². The van der Waals surface area contributed by atoms with Crippen LogP contribution in [0.5, 0.6) is 23.0 Å². The van der Waals surface area contributed by atoms with Crippen LogP contribution in [-0.4, -0.2) is 45.7 Å². The number of nitriles is 1. The van der Waals surface area contributed by atoms with Crippen molar-refractivity contribution in [2.75, 3.05) is 40.6 Å². The maximum atomic E-state index is 12.2. The lowest BCUT2D eigenvalue weighted by Gasteiger charge is -2.32. The molecule has 0 bridgehead atoms. The summed E-state index contributed by atoms with van der Waals surface area (Å²) < 4.78 is 28.1. The van der Waals surface area contributed by atoms with E-state index in [1.807, 2.05) is 24.3 Å². The Balaban J connectivity index is 1.91. The molecular weight excluding hydrogens is 423 g/mol. The number of benzene rings is 2. The van der Waals surface area contributed by atoms with Crippen LogP contribution in [-0.2, 0) is 11.8 Å². The van der Waals surface area contributed by atoms with Gasteiger partial charge in [-0.05, 0) is 73.7 Å². The third kappa shape index (κ3) is 6.75. The summed E-state index contributed by atoms with van der Waals surface area (Å²) in [5.41, 5.74) is 1.28. The van der Waals surface area contributed by atoms with Crippen LogP contribution in [0.1, 0.15) is 37.8 Å². The van der Waals surface area contributed by atoms with Gasteiger partial charge >= 0.3 is 0 Å². The van der Waals surface area contributed by atoms with E-state index in [1.54, 1.807) is 26.4 Å². The number of phenols is 1. The number of ether oxygens (including phenoxy) is 3. The van der Waals surface area contributed by atoms with E-state index in [2.05, 4.69) is 25.2 Å². The average Bonchev–Trinajstić information content (AvgIpc) is 2.82. The van der Waals surface area contributed by atoms with Crippen LogP contribution in [0.3, 0.4) is 0 Å². The fourth-order valence-corrected chi connectivity index (χ4v) is 3.97. The molecule has 2 aromatic rings. The van der Waals surface area contributed by atoms with Gasteiger partial charge in [-0.1, -0.05) is 26.0 Å². The first-order valence-corrected chi connectivity index (χ1v) is 11.3. The molecule has 2 N–H and O–H groups in total. The van der Waals surface area contributed by atoms with Crippen molar-refractivity contribution in [3.8, 4) is 29.1 Å². The number of aromatic hydroxyl groups is 1. The lowest BCUT2D eigenvalue weighted by molar-refractivity contribution is 0.262. The van der Waals surface area contributed by atoms with Gasteiger partial charge in [0.1, 0.15) is 13.3 Å². The predicted octanol–water partition coefficient (Wildman–Crippen LogP) is 4.79. The molecule has 6 nitrogen and oxygen atoms in total. The second kappa shape index (κ2) is 12.9. The van der Waals surface area contributed by atoms with Crippen molar-refractivity contribution in [1.29, 1.82) is 5.26 Å². The third-order valence-electron chi connectivity index (χ3n) is 5.96. The number of phenolic OH excluding ortho intramolecular Hbond substituents is 1. The van der Waals surface area contributed by atoms with Crippen molar-refractivity contribution in [3.05, 3.63) is 47.5 Å². The van der Waals surface area contributed by atoms with Crippen molar-refractivity contribution in [1.82, 2.24) is 5.32 Å². The number of rotatable bonds is 14. The molecule has 0 aliphatic heterocycles. The molecule has 0 amide bonds. The minimum Gasteiger partial charge on any atom is -0.504 e. The average molecular weight is 459 g/mol. The largest absolute Gasteiger partial charge is 0.504 e. The van der Waals surface area contributed by atoms with Crippen molar-refractivity contribution in [3.63, 3.8) is 0 Å². The SMILES string of the molecule is COc1ccc(C(C#N)(CCCNCCc2ccc(OCCF)c(O)c2)C(C)C)cc1OC. The minimum atomic E-state index is -0.623. The van der Waals surface area contributed by atoms with Crippen LogP contribution in [0.25, 0.3) is 0 Å². The zero-order valence-corrected chi connectivity index (χ0v) is 20.0. The number of alkyl halides is 1. The molecule has 0 saturated carbocycles. The number of methoxy groups -OCH3 is 2. The van der Waals surface area contributed by atoms with Gasteiger partial charge in [0.2, 0.25) is 0 Å². The Kier molecular flexibility index (Phi) is 10.3. The molecule has 2 aromatic carbocycles. The molecule has 180 valence electrons. The number of nitrogens with zero attached hydrogens (tertiary/aromatic N) is 1. The number of halogens is 1. The molecule has 0 heterocycles. The second-order valence-corrected chi connectivity index (χ2v) is 8.25. The van der Waals surface area contributed by atoms with Crippen molar-refractivity contribution in [2.24, 2.45) is 5.92 Å². The van der Waals surface area contributed by atoms with Crippen LogP contribution >= 0.6 is 0 Å². The smallest absolute Gasteiger partial charge is 0.161 e. The lowest BCUT2D eigenvalue weighted by atomic mass is 9.70. The van der Waals surface area contributed by atoms with Crippen LogP contribution < -0.4 is 19.5 Å². The first kappa shape index (κ1) is 26.3. The van der Waals surface area contributed by atoms with Gasteiger partial charge in [-0.3, -0.25) is 0 Å². The summed E-state index contributed by atoms with van der Waals surface area (Å²) in [6, 6.07) is 13.5.